The maximum absolute atomic E-state index is 12.4. The zero-order valence-electron chi connectivity index (χ0n) is 14.1. The van der Waals surface area contributed by atoms with E-state index in [0.717, 1.165) is 36.5 Å². The Bertz CT molecular complexity index is 813. The monoisotopic (exact) mass is 331 g/mol. The summed E-state index contributed by atoms with van der Waals surface area (Å²) in [5.74, 6) is -0.0884. The van der Waals surface area contributed by atoms with Crippen LogP contribution in [0.25, 0.3) is 5.57 Å². The van der Waals surface area contributed by atoms with Crippen molar-refractivity contribution in [1.82, 2.24) is 0 Å². The molecule has 0 atom stereocenters. The summed E-state index contributed by atoms with van der Waals surface area (Å²) in [7, 11) is 0. The highest BCUT2D eigenvalue weighted by molar-refractivity contribution is 6.12. The third-order valence-electron chi connectivity index (χ3n) is 4.72. The number of rotatable bonds is 4. The summed E-state index contributed by atoms with van der Waals surface area (Å²) in [6, 6.07) is 15.8. The first-order valence-electron chi connectivity index (χ1n) is 8.76. The standard InChI is InChI=1S/C21H21N3O/c25-21(17-5-3-16(4-6-17)18-11-12-22-15-18)23-19-7-9-20(10-8-19)24-13-1-2-14-24/h3-11,15H,1-2,12-14H2,(H,23,25). The van der Waals surface area contributed by atoms with Crippen molar-refractivity contribution in [2.24, 2.45) is 4.99 Å². The van der Waals surface area contributed by atoms with E-state index in [-0.39, 0.29) is 5.91 Å². The van der Waals surface area contributed by atoms with Crippen molar-refractivity contribution in [2.75, 3.05) is 29.9 Å². The van der Waals surface area contributed by atoms with Gasteiger partial charge in [0.1, 0.15) is 0 Å². The number of hydrogen-bond acceptors (Lipinski definition) is 3. The van der Waals surface area contributed by atoms with E-state index < -0.39 is 0 Å². The number of amides is 1. The average molecular weight is 331 g/mol. The van der Waals surface area contributed by atoms with Gasteiger partial charge in [-0.1, -0.05) is 18.2 Å². The van der Waals surface area contributed by atoms with E-state index in [4.69, 9.17) is 0 Å². The lowest BCUT2D eigenvalue weighted by atomic mass is 10.0. The number of nitrogens with one attached hydrogen (secondary N) is 1. The molecule has 25 heavy (non-hydrogen) atoms. The average Bonchev–Trinajstić information content (AvgIpc) is 3.36. The Morgan fingerprint density at radius 3 is 2.32 bits per heavy atom. The zero-order chi connectivity index (χ0) is 17.1. The van der Waals surface area contributed by atoms with Crippen molar-refractivity contribution in [3.05, 3.63) is 65.7 Å². The van der Waals surface area contributed by atoms with Crippen molar-refractivity contribution < 1.29 is 4.79 Å². The van der Waals surface area contributed by atoms with Crippen LogP contribution in [0.15, 0.2) is 59.6 Å². The fourth-order valence-electron chi connectivity index (χ4n) is 3.30. The highest BCUT2D eigenvalue weighted by atomic mass is 16.1. The largest absolute Gasteiger partial charge is 0.372 e. The molecule has 0 aromatic heterocycles. The molecule has 0 aliphatic carbocycles. The zero-order valence-corrected chi connectivity index (χ0v) is 14.1. The number of nitrogens with zero attached hydrogens (tertiary/aromatic N) is 2. The summed E-state index contributed by atoms with van der Waals surface area (Å²) in [6.07, 6.45) is 6.47. The molecule has 0 saturated carbocycles. The molecule has 2 aromatic carbocycles. The third kappa shape index (κ3) is 3.48. The number of carbonyl (C=O) groups excluding carboxylic acids is 1. The minimum absolute atomic E-state index is 0.0884. The van der Waals surface area contributed by atoms with Crippen LogP contribution >= 0.6 is 0 Å². The summed E-state index contributed by atoms with van der Waals surface area (Å²) in [4.78, 5) is 19.0. The second kappa shape index (κ2) is 6.93. The Kier molecular flexibility index (Phi) is 4.34. The van der Waals surface area contributed by atoms with Gasteiger partial charge in [-0.05, 0) is 60.4 Å². The van der Waals surface area contributed by atoms with Crippen molar-refractivity contribution in [3.8, 4) is 0 Å². The van der Waals surface area contributed by atoms with Gasteiger partial charge in [0.2, 0.25) is 0 Å². The molecule has 2 aliphatic heterocycles. The van der Waals surface area contributed by atoms with Crippen molar-refractivity contribution in [2.45, 2.75) is 12.8 Å². The Labute approximate surface area is 147 Å². The number of carbonyl (C=O) groups is 1. The van der Waals surface area contributed by atoms with Crippen molar-refractivity contribution >= 4 is 29.1 Å². The van der Waals surface area contributed by atoms with Crippen molar-refractivity contribution in [3.63, 3.8) is 0 Å². The van der Waals surface area contributed by atoms with Gasteiger partial charge in [0.05, 0.1) is 6.54 Å². The van der Waals surface area contributed by atoms with E-state index in [9.17, 15) is 4.79 Å². The summed E-state index contributed by atoms with van der Waals surface area (Å²) < 4.78 is 0. The summed E-state index contributed by atoms with van der Waals surface area (Å²) in [5.41, 5.74) is 4.91. The molecule has 1 amide bonds. The maximum Gasteiger partial charge on any atom is 0.255 e. The maximum atomic E-state index is 12.4. The number of hydrogen-bond donors (Lipinski definition) is 1. The fourth-order valence-corrected chi connectivity index (χ4v) is 3.30. The quantitative estimate of drug-likeness (QED) is 0.920. The summed E-state index contributed by atoms with van der Waals surface area (Å²) in [6.45, 7) is 2.99. The van der Waals surface area contributed by atoms with Crippen LogP contribution in [0, 0.1) is 0 Å². The Balaban J connectivity index is 1.41. The number of anilines is 2. The lowest BCUT2D eigenvalue weighted by Crippen LogP contribution is -2.17. The number of aliphatic imine (C=N–C) groups is 1. The van der Waals surface area contributed by atoms with Crippen LogP contribution in [0.3, 0.4) is 0 Å². The van der Waals surface area contributed by atoms with Gasteiger partial charge in [-0.3, -0.25) is 9.79 Å². The van der Waals surface area contributed by atoms with Gasteiger partial charge in [-0.15, -0.1) is 0 Å². The van der Waals surface area contributed by atoms with Crippen LogP contribution < -0.4 is 10.2 Å². The van der Waals surface area contributed by atoms with Gasteiger partial charge in [0, 0.05) is 36.2 Å². The van der Waals surface area contributed by atoms with Crippen LogP contribution in [0.4, 0.5) is 11.4 Å². The predicted molar refractivity (Wildman–Crippen MR) is 104 cm³/mol. The van der Waals surface area contributed by atoms with Crippen molar-refractivity contribution in [1.29, 1.82) is 0 Å². The lowest BCUT2D eigenvalue weighted by molar-refractivity contribution is 0.102. The van der Waals surface area contributed by atoms with Crippen LogP contribution in [0.1, 0.15) is 28.8 Å². The lowest BCUT2D eigenvalue weighted by Gasteiger charge is -2.17. The SMILES string of the molecule is O=C(Nc1ccc(N2CCCC2)cc1)c1ccc(C2=CCN=C2)cc1. The highest BCUT2D eigenvalue weighted by Gasteiger charge is 2.12. The molecule has 1 fully saturated rings. The minimum Gasteiger partial charge on any atom is -0.372 e. The van der Waals surface area contributed by atoms with Gasteiger partial charge in [-0.2, -0.15) is 0 Å². The molecular weight excluding hydrogens is 310 g/mol. The molecule has 0 bridgehead atoms. The van der Waals surface area contributed by atoms with E-state index >= 15 is 0 Å². The van der Waals surface area contributed by atoms with Crippen LogP contribution in [0.2, 0.25) is 0 Å². The van der Waals surface area contributed by atoms with E-state index in [1.807, 2.05) is 42.6 Å². The first-order chi connectivity index (χ1) is 12.3. The first kappa shape index (κ1) is 15.6. The smallest absolute Gasteiger partial charge is 0.255 e. The molecule has 2 aromatic rings. The third-order valence-corrected chi connectivity index (χ3v) is 4.72. The van der Waals surface area contributed by atoms with E-state index in [2.05, 4.69) is 33.4 Å². The molecule has 126 valence electrons. The molecule has 0 radical (unpaired) electrons. The molecule has 4 heteroatoms. The van der Waals surface area contributed by atoms with Crippen LogP contribution in [0.5, 0.6) is 0 Å². The summed E-state index contributed by atoms with van der Waals surface area (Å²) in [5, 5.41) is 2.97. The van der Waals surface area contributed by atoms with E-state index in [1.54, 1.807) is 0 Å². The highest BCUT2D eigenvalue weighted by Crippen LogP contribution is 2.22. The normalized spacial score (nSPS) is 16.2. The summed E-state index contributed by atoms with van der Waals surface area (Å²) >= 11 is 0. The van der Waals surface area contributed by atoms with E-state index in [1.165, 1.54) is 18.5 Å². The Hall–Kier alpha value is -2.88. The topological polar surface area (TPSA) is 44.7 Å². The number of benzene rings is 2. The van der Waals surface area contributed by atoms with Gasteiger partial charge < -0.3 is 10.2 Å². The van der Waals surface area contributed by atoms with Gasteiger partial charge >= 0.3 is 0 Å². The molecule has 4 nitrogen and oxygen atoms in total. The second-order valence-corrected chi connectivity index (χ2v) is 6.43. The molecule has 0 spiro atoms. The van der Waals surface area contributed by atoms with Gasteiger partial charge in [0.25, 0.3) is 5.91 Å². The minimum atomic E-state index is -0.0884. The molecule has 0 unspecified atom stereocenters. The molecule has 1 N–H and O–H groups in total. The Morgan fingerprint density at radius 2 is 1.68 bits per heavy atom. The molecule has 2 aliphatic rings. The van der Waals surface area contributed by atoms with E-state index in [0.29, 0.717) is 5.56 Å². The predicted octanol–water partition coefficient (Wildman–Crippen LogP) is 4.01. The molecule has 4 rings (SSSR count). The van der Waals surface area contributed by atoms with Gasteiger partial charge in [0.15, 0.2) is 0 Å². The number of allylic oxidation sites excluding steroid dienone is 1. The second-order valence-electron chi connectivity index (χ2n) is 6.43. The molecule has 2 heterocycles. The molecule has 1 saturated heterocycles. The Morgan fingerprint density at radius 1 is 0.960 bits per heavy atom. The van der Waals surface area contributed by atoms with Gasteiger partial charge in [-0.25, -0.2) is 0 Å². The first-order valence-corrected chi connectivity index (χ1v) is 8.76. The fraction of sp³-hybridized carbons (Fsp3) is 0.238. The van der Waals surface area contributed by atoms with Crippen LogP contribution in [-0.2, 0) is 0 Å². The molecular formula is C21H21N3O. The van der Waals surface area contributed by atoms with Crippen LogP contribution in [-0.4, -0.2) is 31.8 Å².